The maximum atomic E-state index is 6.31. The van der Waals surface area contributed by atoms with Crippen molar-refractivity contribution < 1.29 is 0 Å². The molecule has 0 fully saturated rings. The molecule has 1 aliphatic carbocycles. The minimum Gasteiger partial charge on any atom is -0.113 e. The minimum absolute atomic E-state index is 0.0245. The van der Waals surface area contributed by atoms with E-state index in [1.807, 2.05) is 0 Å². The van der Waals surface area contributed by atoms with Crippen LogP contribution >= 0.6 is 11.6 Å². The fourth-order valence-electron chi connectivity index (χ4n) is 2.16. The molecule has 1 rings (SSSR count). The number of hydrogen-bond donors (Lipinski definition) is 0. The monoisotopic (exact) mass is 224 g/mol. The molecule has 0 saturated carbocycles. The molecule has 2 atom stereocenters. The van der Waals surface area contributed by atoms with Crippen molar-refractivity contribution in [2.24, 2.45) is 5.41 Å². The predicted molar refractivity (Wildman–Crippen MR) is 69.3 cm³/mol. The first-order valence-corrected chi connectivity index (χ1v) is 5.99. The highest BCUT2D eigenvalue weighted by atomic mass is 35.5. The van der Waals surface area contributed by atoms with Gasteiger partial charge in [-0.05, 0) is 33.6 Å². The van der Waals surface area contributed by atoms with Gasteiger partial charge in [-0.15, -0.1) is 11.6 Å². The van der Waals surface area contributed by atoms with Gasteiger partial charge in [0.25, 0.3) is 0 Å². The molecule has 84 valence electrons. The van der Waals surface area contributed by atoms with E-state index < -0.39 is 0 Å². The second-order valence-electron chi connectivity index (χ2n) is 4.80. The zero-order valence-electron chi connectivity index (χ0n) is 10.2. The lowest BCUT2D eigenvalue weighted by Gasteiger charge is -2.26. The van der Waals surface area contributed by atoms with E-state index in [1.54, 1.807) is 0 Å². The number of alkyl halides is 1. The van der Waals surface area contributed by atoms with E-state index in [2.05, 4.69) is 46.4 Å². The van der Waals surface area contributed by atoms with Crippen molar-refractivity contribution in [3.63, 3.8) is 0 Å². The van der Waals surface area contributed by atoms with Crippen LogP contribution in [0.25, 0.3) is 0 Å². The van der Waals surface area contributed by atoms with Crippen molar-refractivity contribution in [3.05, 3.63) is 35.5 Å². The van der Waals surface area contributed by atoms with Gasteiger partial charge >= 0.3 is 0 Å². The lowest BCUT2D eigenvalue weighted by atomic mass is 9.78. The van der Waals surface area contributed by atoms with E-state index in [0.717, 1.165) is 18.4 Å². The second kappa shape index (κ2) is 4.57. The van der Waals surface area contributed by atoms with Gasteiger partial charge in [-0.1, -0.05) is 42.4 Å². The largest absolute Gasteiger partial charge is 0.113 e. The fourth-order valence-corrected chi connectivity index (χ4v) is 2.33. The first-order chi connectivity index (χ1) is 6.90. The smallest absolute Gasteiger partial charge is 0.0750 e. The van der Waals surface area contributed by atoms with Crippen LogP contribution < -0.4 is 0 Å². The Morgan fingerprint density at radius 1 is 1.67 bits per heavy atom. The van der Waals surface area contributed by atoms with Crippen molar-refractivity contribution in [1.29, 1.82) is 0 Å². The van der Waals surface area contributed by atoms with E-state index in [0.29, 0.717) is 0 Å². The lowest BCUT2D eigenvalue weighted by molar-refractivity contribution is 0.471. The van der Waals surface area contributed by atoms with Gasteiger partial charge in [-0.2, -0.15) is 0 Å². The molecule has 0 amide bonds. The Kier molecular flexibility index (Phi) is 3.83. The van der Waals surface area contributed by atoms with Crippen molar-refractivity contribution >= 4 is 11.6 Å². The average Bonchev–Trinajstić information content (AvgIpc) is 2.31. The predicted octanol–water partition coefficient (Wildman–Crippen LogP) is 4.86. The van der Waals surface area contributed by atoms with E-state index in [1.165, 1.54) is 11.1 Å². The first kappa shape index (κ1) is 12.6. The molecule has 0 bridgehead atoms. The van der Waals surface area contributed by atoms with Gasteiger partial charge in [-0.25, -0.2) is 0 Å². The molecule has 0 aromatic heterocycles. The fraction of sp³-hybridized carbons (Fsp3) is 0.571. The molecule has 15 heavy (non-hydrogen) atoms. The van der Waals surface area contributed by atoms with Crippen LogP contribution in [0.1, 0.15) is 40.5 Å². The van der Waals surface area contributed by atoms with Gasteiger partial charge in [0, 0.05) is 5.41 Å². The maximum absolute atomic E-state index is 6.31. The van der Waals surface area contributed by atoms with Crippen LogP contribution in [0.4, 0.5) is 0 Å². The van der Waals surface area contributed by atoms with Crippen molar-refractivity contribution in [2.75, 3.05) is 0 Å². The van der Waals surface area contributed by atoms with Crippen LogP contribution in [-0.2, 0) is 0 Å². The number of hydrogen-bond acceptors (Lipinski definition) is 0. The summed E-state index contributed by atoms with van der Waals surface area (Å²) in [5.41, 5.74) is 3.96. The summed E-state index contributed by atoms with van der Waals surface area (Å²) in [5, 5.41) is 0.0245. The Bertz CT molecular complexity index is 322. The molecular weight excluding hydrogens is 204 g/mol. The second-order valence-corrected chi connectivity index (χ2v) is 5.23. The average molecular weight is 225 g/mol. The molecule has 0 spiro atoms. The zero-order valence-corrected chi connectivity index (χ0v) is 11.0. The molecular formula is C14H21Cl. The molecule has 0 saturated heterocycles. The summed E-state index contributed by atoms with van der Waals surface area (Å²) < 4.78 is 0. The molecule has 1 heteroatoms. The van der Waals surface area contributed by atoms with Gasteiger partial charge in [-0.3, -0.25) is 0 Å². The number of halogens is 1. The van der Waals surface area contributed by atoms with Crippen molar-refractivity contribution in [1.82, 2.24) is 0 Å². The summed E-state index contributed by atoms with van der Waals surface area (Å²) in [6.07, 6.45) is 6.64. The molecule has 1 aliphatic rings. The van der Waals surface area contributed by atoms with Crippen LogP contribution in [0.15, 0.2) is 35.5 Å². The van der Waals surface area contributed by atoms with Crippen LogP contribution in [-0.4, -0.2) is 5.38 Å². The standard InChI is InChI=1S/C14H21Cl/c1-6-12(4)14(5)8-7-10(2)13(15)11(3)9-14/h6,9,13H,2,7-8H2,1,3-5H3/b12-6+. The Morgan fingerprint density at radius 2 is 2.27 bits per heavy atom. The third-order valence-corrected chi connectivity index (χ3v) is 4.26. The van der Waals surface area contributed by atoms with Crippen LogP contribution in [0.2, 0.25) is 0 Å². The van der Waals surface area contributed by atoms with E-state index in [9.17, 15) is 0 Å². The van der Waals surface area contributed by atoms with E-state index in [-0.39, 0.29) is 10.8 Å². The van der Waals surface area contributed by atoms with E-state index >= 15 is 0 Å². The van der Waals surface area contributed by atoms with Crippen LogP contribution in [0, 0.1) is 5.41 Å². The van der Waals surface area contributed by atoms with Gasteiger partial charge in [0.1, 0.15) is 0 Å². The van der Waals surface area contributed by atoms with Gasteiger partial charge < -0.3 is 0 Å². The third-order valence-electron chi connectivity index (χ3n) is 3.60. The summed E-state index contributed by atoms with van der Waals surface area (Å²) in [4.78, 5) is 0. The molecule has 0 aromatic rings. The molecule has 0 aliphatic heterocycles. The van der Waals surface area contributed by atoms with E-state index in [4.69, 9.17) is 11.6 Å². The Balaban J connectivity index is 3.10. The summed E-state index contributed by atoms with van der Waals surface area (Å²) >= 11 is 6.31. The Morgan fingerprint density at radius 3 is 2.80 bits per heavy atom. The molecule has 0 aromatic carbocycles. The Labute approximate surface area is 98.7 Å². The molecule has 0 N–H and O–H groups in total. The molecule has 2 unspecified atom stereocenters. The normalized spacial score (nSPS) is 33.7. The molecule has 0 radical (unpaired) electrons. The summed E-state index contributed by atoms with van der Waals surface area (Å²) in [7, 11) is 0. The SMILES string of the molecule is C=C1CCC(C)(/C(C)=C/C)C=C(C)C1Cl. The zero-order chi connectivity index (χ0) is 11.6. The summed E-state index contributed by atoms with van der Waals surface area (Å²) in [6, 6.07) is 0. The van der Waals surface area contributed by atoms with Crippen molar-refractivity contribution in [2.45, 2.75) is 45.9 Å². The molecule has 0 nitrogen and oxygen atoms in total. The summed E-state index contributed by atoms with van der Waals surface area (Å²) in [5.74, 6) is 0. The highest BCUT2D eigenvalue weighted by Gasteiger charge is 2.28. The molecule has 0 heterocycles. The topological polar surface area (TPSA) is 0 Å². The van der Waals surface area contributed by atoms with Gasteiger partial charge in [0.2, 0.25) is 0 Å². The number of allylic oxidation sites excluding steroid dienone is 5. The van der Waals surface area contributed by atoms with Gasteiger partial charge in [0.15, 0.2) is 0 Å². The first-order valence-electron chi connectivity index (χ1n) is 5.55. The highest BCUT2D eigenvalue weighted by molar-refractivity contribution is 6.24. The quantitative estimate of drug-likeness (QED) is 0.441. The summed E-state index contributed by atoms with van der Waals surface area (Å²) in [6.45, 7) is 12.8. The minimum atomic E-state index is 0.0245. The van der Waals surface area contributed by atoms with Crippen molar-refractivity contribution in [3.8, 4) is 0 Å². The third kappa shape index (κ3) is 2.55. The maximum Gasteiger partial charge on any atom is 0.0750 e. The van der Waals surface area contributed by atoms with Gasteiger partial charge in [0.05, 0.1) is 5.38 Å². The van der Waals surface area contributed by atoms with Crippen LogP contribution in [0.5, 0.6) is 0 Å². The lowest BCUT2D eigenvalue weighted by Crippen LogP contribution is -2.14. The Hall–Kier alpha value is -0.490. The highest BCUT2D eigenvalue weighted by Crippen LogP contribution is 2.41. The number of rotatable bonds is 1. The van der Waals surface area contributed by atoms with Crippen LogP contribution in [0.3, 0.4) is 0 Å².